The fourth-order valence-electron chi connectivity index (χ4n) is 1.88. The van der Waals surface area contributed by atoms with Gasteiger partial charge in [0.05, 0.1) is 9.85 Å². The van der Waals surface area contributed by atoms with Gasteiger partial charge < -0.3 is 4.57 Å². The van der Waals surface area contributed by atoms with E-state index in [0.29, 0.717) is 0 Å². The molecule has 1 nitrogen and oxygen atoms in total. The molecule has 0 N–H and O–H groups in total. The zero-order valence-electron chi connectivity index (χ0n) is 8.36. The molecule has 0 aliphatic carbocycles. The van der Waals surface area contributed by atoms with Crippen molar-refractivity contribution < 1.29 is 4.39 Å². The largest absolute Gasteiger partial charge is 0.341 e. The Labute approximate surface area is 106 Å². The Morgan fingerprint density at radius 3 is 3.12 bits per heavy atom. The third kappa shape index (κ3) is 1.70. The van der Waals surface area contributed by atoms with E-state index in [1.165, 1.54) is 11.1 Å². The summed E-state index contributed by atoms with van der Waals surface area (Å²) >= 11 is 5.31. The second-order valence-electron chi connectivity index (χ2n) is 3.75. The standard InChI is InChI=1S/C12H9BrFNS/c13-10-7-15-5-1-2-12(15)16-11-4-3-8(14)6-9(10)11/h1-6,10H,7H2. The van der Waals surface area contributed by atoms with Gasteiger partial charge in [0, 0.05) is 17.6 Å². The van der Waals surface area contributed by atoms with E-state index in [0.717, 1.165) is 17.0 Å². The molecule has 3 rings (SSSR count). The normalized spacial score (nSPS) is 18.8. The van der Waals surface area contributed by atoms with Gasteiger partial charge in [0.2, 0.25) is 0 Å². The molecular weight excluding hydrogens is 289 g/mol. The Morgan fingerprint density at radius 2 is 2.25 bits per heavy atom. The zero-order chi connectivity index (χ0) is 11.1. The Balaban J connectivity index is 2.14. The number of rotatable bonds is 0. The summed E-state index contributed by atoms with van der Waals surface area (Å²) in [6, 6.07) is 9.12. The first-order chi connectivity index (χ1) is 7.74. The molecule has 0 saturated heterocycles. The second-order valence-corrected chi connectivity index (χ2v) is 5.92. The lowest BCUT2D eigenvalue weighted by Crippen LogP contribution is -2.01. The summed E-state index contributed by atoms with van der Waals surface area (Å²) in [6.07, 6.45) is 2.05. The quantitative estimate of drug-likeness (QED) is 0.659. The molecule has 1 atom stereocenters. The lowest BCUT2D eigenvalue weighted by Gasteiger charge is -2.10. The zero-order valence-corrected chi connectivity index (χ0v) is 10.8. The van der Waals surface area contributed by atoms with Crippen molar-refractivity contribution in [2.75, 3.05) is 0 Å². The average Bonchev–Trinajstić information content (AvgIpc) is 2.63. The molecule has 16 heavy (non-hydrogen) atoms. The fraction of sp³-hybridized carbons (Fsp3) is 0.167. The highest BCUT2D eigenvalue weighted by Gasteiger charge is 2.20. The molecule has 0 bridgehead atoms. The summed E-state index contributed by atoms with van der Waals surface area (Å²) < 4.78 is 15.4. The maximum Gasteiger partial charge on any atom is 0.123 e. The van der Waals surface area contributed by atoms with Crippen LogP contribution in [0.2, 0.25) is 0 Å². The van der Waals surface area contributed by atoms with Crippen LogP contribution in [0.15, 0.2) is 46.5 Å². The maximum absolute atomic E-state index is 13.2. The Kier molecular flexibility index (Phi) is 2.56. The minimum atomic E-state index is -0.171. The number of hydrogen-bond acceptors (Lipinski definition) is 1. The number of nitrogens with zero attached hydrogens (tertiary/aromatic N) is 1. The predicted molar refractivity (Wildman–Crippen MR) is 66.6 cm³/mol. The van der Waals surface area contributed by atoms with Crippen LogP contribution in [-0.2, 0) is 6.54 Å². The van der Waals surface area contributed by atoms with Crippen molar-refractivity contribution in [3.63, 3.8) is 0 Å². The molecule has 2 heterocycles. The molecule has 0 saturated carbocycles. The van der Waals surface area contributed by atoms with Crippen LogP contribution in [0.25, 0.3) is 0 Å². The van der Waals surface area contributed by atoms with Crippen molar-refractivity contribution in [3.05, 3.63) is 47.9 Å². The van der Waals surface area contributed by atoms with E-state index in [4.69, 9.17) is 0 Å². The molecule has 1 aromatic carbocycles. The van der Waals surface area contributed by atoms with Gasteiger partial charge in [0.1, 0.15) is 5.82 Å². The summed E-state index contributed by atoms with van der Waals surface area (Å²) in [4.78, 5) is 1.29. The monoisotopic (exact) mass is 297 g/mol. The van der Waals surface area contributed by atoms with Gasteiger partial charge in [-0.25, -0.2) is 4.39 Å². The third-order valence-electron chi connectivity index (χ3n) is 2.67. The molecule has 1 aliphatic rings. The molecular formula is C12H9BrFNS. The van der Waals surface area contributed by atoms with Gasteiger partial charge in [0.15, 0.2) is 0 Å². The first-order valence-corrected chi connectivity index (χ1v) is 6.74. The highest BCUT2D eigenvalue weighted by molar-refractivity contribution is 9.09. The topological polar surface area (TPSA) is 4.93 Å². The second kappa shape index (κ2) is 3.93. The smallest absolute Gasteiger partial charge is 0.123 e. The summed E-state index contributed by atoms with van der Waals surface area (Å²) in [5.74, 6) is -0.171. The Morgan fingerprint density at radius 1 is 1.38 bits per heavy atom. The highest BCUT2D eigenvalue weighted by Crippen LogP contribution is 2.41. The lowest BCUT2D eigenvalue weighted by molar-refractivity contribution is 0.615. The molecule has 2 aromatic rings. The number of benzene rings is 1. The van der Waals surface area contributed by atoms with Crippen LogP contribution in [0.3, 0.4) is 0 Å². The van der Waals surface area contributed by atoms with Crippen molar-refractivity contribution in [1.29, 1.82) is 0 Å². The van der Waals surface area contributed by atoms with Crippen molar-refractivity contribution in [1.82, 2.24) is 4.57 Å². The van der Waals surface area contributed by atoms with Gasteiger partial charge in [-0.3, -0.25) is 0 Å². The van der Waals surface area contributed by atoms with Crippen LogP contribution >= 0.6 is 27.7 Å². The van der Waals surface area contributed by atoms with Crippen LogP contribution in [-0.4, -0.2) is 4.57 Å². The van der Waals surface area contributed by atoms with Crippen LogP contribution in [0.4, 0.5) is 4.39 Å². The van der Waals surface area contributed by atoms with E-state index in [-0.39, 0.29) is 10.6 Å². The number of alkyl halides is 1. The highest BCUT2D eigenvalue weighted by atomic mass is 79.9. The molecule has 1 aromatic heterocycles. The van der Waals surface area contributed by atoms with E-state index in [1.54, 1.807) is 17.8 Å². The van der Waals surface area contributed by atoms with Gasteiger partial charge in [0.25, 0.3) is 0 Å². The minimum Gasteiger partial charge on any atom is -0.341 e. The first kappa shape index (κ1) is 10.4. The van der Waals surface area contributed by atoms with Gasteiger partial charge in [-0.15, -0.1) is 0 Å². The number of halogens is 2. The Bertz CT molecular complexity index is 538. The molecule has 1 unspecified atom stereocenters. The number of hydrogen-bond donors (Lipinski definition) is 0. The molecule has 82 valence electrons. The first-order valence-electron chi connectivity index (χ1n) is 5.00. The lowest BCUT2D eigenvalue weighted by atomic mass is 10.1. The summed E-state index contributed by atoms with van der Waals surface area (Å²) in [5, 5.41) is 1.20. The molecule has 0 fully saturated rings. The van der Waals surface area contributed by atoms with E-state index < -0.39 is 0 Å². The molecule has 4 heteroatoms. The predicted octanol–water partition coefficient (Wildman–Crippen LogP) is 4.23. The van der Waals surface area contributed by atoms with Crippen molar-refractivity contribution in [3.8, 4) is 0 Å². The van der Waals surface area contributed by atoms with E-state index in [2.05, 4.69) is 32.8 Å². The van der Waals surface area contributed by atoms with Crippen LogP contribution in [0, 0.1) is 5.82 Å². The van der Waals surface area contributed by atoms with Gasteiger partial charge in [-0.2, -0.15) is 0 Å². The summed E-state index contributed by atoms with van der Waals surface area (Å²) in [7, 11) is 0. The van der Waals surface area contributed by atoms with Crippen LogP contribution in [0.5, 0.6) is 0 Å². The summed E-state index contributed by atoms with van der Waals surface area (Å²) in [6.45, 7) is 0.839. The minimum absolute atomic E-state index is 0.166. The maximum atomic E-state index is 13.2. The fourth-order valence-corrected chi connectivity index (χ4v) is 3.80. The van der Waals surface area contributed by atoms with Crippen LogP contribution in [0.1, 0.15) is 10.4 Å². The Hall–Kier alpha value is -0.740. The third-order valence-corrected chi connectivity index (χ3v) is 4.62. The molecule has 0 spiro atoms. The van der Waals surface area contributed by atoms with E-state index in [1.807, 2.05) is 12.1 Å². The van der Waals surface area contributed by atoms with Crippen molar-refractivity contribution in [2.24, 2.45) is 0 Å². The summed E-state index contributed by atoms with van der Waals surface area (Å²) in [5.41, 5.74) is 1.04. The van der Waals surface area contributed by atoms with Gasteiger partial charge >= 0.3 is 0 Å². The molecule has 0 amide bonds. The van der Waals surface area contributed by atoms with Gasteiger partial charge in [-0.05, 0) is 35.9 Å². The van der Waals surface area contributed by atoms with Crippen LogP contribution < -0.4 is 0 Å². The average molecular weight is 298 g/mol. The number of aromatic nitrogens is 1. The van der Waals surface area contributed by atoms with Crippen molar-refractivity contribution >= 4 is 27.7 Å². The van der Waals surface area contributed by atoms with E-state index in [9.17, 15) is 4.39 Å². The molecule has 0 radical (unpaired) electrons. The van der Waals surface area contributed by atoms with Gasteiger partial charge in [-0.1, -0.05) is 27.7 Å². The van der Waals surface area contributed by atoms with E-state index >= 15 is 0 Å². The molecule has 1 aliphatic heterocycles. The van der Waals surface area contributed by atoms with Crippen molar-refractivity contribution in [2.45, 2.75) is 21.3 Å². The number of fused-ring (bicyclic) bond motifs is 2. The SMILES string of the molecule is Fc1ccc2c(c1)C(Br)Cn1cccc1S2.